The second-order valence-electron chi connectivity index (χ2n) is 4.52. The number of nitrogens with zero attached hydrogens (tertiary/aromatic N) is 1. The van der Waals surface area contributed by atoms with Crippen molar-refractivity contribution >= 4 is 17.4 Å². The van der Waals surface area contributed by atoms with Crippen LogP contribution < -0.4 is 5.73 Å². The van der Waals surface area contributed by atoms with E-state index in [-0.39, 0.29) is 0 Å². The van der Waals surface area contributed by atoms with E-state index < -0.39 is 0 Å². The van der Waals surface area contributed by atoms with Crippen LogP contribution in [0.15, 0.2) is 24.3 Å². The third-order valence-corrected chi connectivity index (χ3v) is 4.35. The average Bonchev–Trinajstić information content (AvgIpc) is 2.28. The van der Waals surface area contributed by atoms with Crippen molar-refractivity contribution in [1.29, 1.82) is 0 Å². The Morgan fingerprint density at radius 1 is 1.50 bits per heavy atom. The Labute approximate surface area is 102 Å². The van der Waals surface area contributed by atoms with Crippen molar-refractivity contribution in [3.63, 3.8) is 0 Å². The molecule has 1 aromatic carbocycles. The van der Waals surface area contributed by atoms with Gasteiger partial charge in [-0.05, 0) is 24.6 Å². The molecule has 1 saturated heterocycles. The highest BCUT2D eigenvalue weighted by molar-refractivity contribution is 7.99. The summed E-state index contributed by atoms with van der Waals surface area (Å²) in [5, 5.41) is 0.747. The van der Waals surface area contributed by atoms with Crippen molar-refractivity contribution in [2.24, 2.45) is 0 Å². The molecule has 0 aliphatic carbocycles. The quantitative estimate of drug-likeness (QED) is 0.801. The van der Waals surface area contributed by atoms with Gasteiger partial charge in [0.05, 0.1) is 0 Å². The largest absolute Gasteiger partial charge is 0.399 e. The number of nitrogen functional groups attached to an aromatic ring is 1. The molecule has 0 bridgehead atoms. The van der Waals surface area contributed by atoms with Crippen molar-refractivity contribution in [2.45, 2.75) is 25.1 Å². The van der Waals surface area contributed by atoms with Crippen molar-refractivity contribution in [3.05, 3.63) is 29.8 Å². The van der Waals surface area contributed by atoms with E-state index in [0.717, 1.165) is 10.9 Å². The van der Waals surface area contributed by atoms with Crippen molar-refractivity contribution in [1.82, 2.24) is 4.90 Å². The summed E-state index contributed by atoms with van der Waals surface area (Å²) in [6, 6.07) is 8.74. The Balaban J connectivity index is 2.09. The van der Waals surface area contributed by atoms with Crippen LogP contribution in [0.5, 0.6) is 0 Å². The molecule has 1 fully saturated rings. The first-order chi connectivity index (χ1) is 7.66. The van der Waals surface area contributed by atoms with Gasteiger partial charge in [0.15, 0.2) is 0 Å². The van der Waals surface area contributed by atoms with Gasteiger partial charge in [0, 0.05) is 35.8 Å². The van der Waals surface area contributed by atoms with E-state index in [1.54, 1.807) is 0 Å². The highest BCUT2D eigenvalue weighted by atomic mass is 32.2. The molecular formula is C13H20N2S. The Kier molecular flexibility index (Phi) is 3.77. The summed E-state index contributed by atoms with van der Waals surface area (Å²) in [5.41, 5.74) is 8.03. The molecule has 2 nitrogen and oxygen atoms in total. The molecule has 2 rings (SSSR count). The predicted octanol–water partition coefficient (Wildman–Crippen LogP) is 2.77. The van der Waals surface area contributed by atoms with Crippen LogP contribution in [-0.2, 0) is 0 Å². The molecule has 2 unspecified atom stereocenters. The lowest BCUT2D eigenvalue weighted by atomic mass is 10.1. The van der Waals surface area contributed by atoms with E-state index in [1.165, 1.54) is 24.4 Å². The van der Waals surface area contributed by atoms with Gasteiger partial charge < -0.3 is 5.73 Å². The topological polar surface area (TPSA) is 29.3 Å². The maximum atomic E-state index is 5.83. The number of hydrogen-bond donors (Lipinski definition) is 1. The van der Waals surface area contributed by atoms with Crippen LogP contribution in [-0.4, -0.2) is 29.0 Å². The molecule has 0 spiro atoms. The molecule has 1 aromatic rings. The van der Waals surface area contributed by atoms with E-state index in [0.29, 0.717) is 6.04 Å². The van der Waals surface area contributed by atoms with E-state index in [9.17, 15) is 0 Å². The standard InChI is InChI=1S/C13H20N2S/c1-10-9-15(6-7-16-10)11(2)12-4-3-5-13(14)8-12/h3-5,8,10-11H,6-7,9,14H2,1-2H3. The zero-order chi connectivity index (χ0) is 11.5. The fourth-order valence-electron chi connectivity index (χ4n) is 2.23. The van der Waals surface area contributed by atoms with Gasteiger partial charge in [-0.2, -0.15) is 11.8 Å². The van der Waals surface area contributed by atoms with Crippen LogP contribution in [0.25, 0.3) is 0 Å². The highest BCUT2D eigenvalue weighted by Gasteiger charge is 2.22. The molecule has 1 aliphatic heterocycles. The minimum Gasteiger partial charge on any atom is -0.399 e. The van der Waals surface area contributed by atoms with Crippen LogP contribution in [0.2, 0.25) is 0 Å². The Hall–Kier alpha value is -0.670. The molecule has 88 valence electrons. The molecule has 2 N–H and O–H groups in total. The molecule has 0 saturated carbocycles. The van der Waals surface area contributed by atoms with E-state index in [1.807, 2.05) is 12.1 Å². The fraction of sp³-hybridized carbons (Fsp3) is 0.538. The van der Waals surface area contributed by atoms with Crippen LogP contribution in [0.3, 0.4) is 0 Å². The molecule has 2 atom stereocenters. The highest BCUT2D eigenvalue weighted by Crippen LogP contribution is 2.27. The number of rotatable bonds is 2. The molecule has 0 amide bonds. The normalized spacial score (nSPS) is 24.2. The molecule has 3 heteroatoms. The van der Waals surface area contributed by atoms with E-state index in [4.69, 9.17) is 5.73 Å². The average molecular weight is 236 g/mol. The minimum absolute atomic E-state index is 0.479. The van der Waals surface area contributed by atoms with Gasteiger partial charge in [0.25, 0.3) is 0 Å². The first-order valence-corrected chi connectivity index (χ1v) is 6.93. The maximum absolute atomic E-state index is 5.83. The van der Waals surface area contributed by atoms with Gasteiger partial charge in [-0.15, -0.1) is 0 Å². The molecule has 1 aliphatic rings. The monoisotopic (exact) mass is 236 g/mol. The first kappa shape index (κ1) is 11.8. The lowest BCUT2D eigenvalue weighted by Crippen LogP contribution is -2.38. The van der Waals surface area contributed by atoms with Crippen molar-refractivity contribution in [3.8, 4) is 0 Å². The summed E-state index contributed by atoms with van der Waals surface area (Å²) in [6.07, 6.45) is 0. The summed E-state index contributed by atoms with van der Waals surface area (Å²) in [7, 11) is 0. The van der Waals surface area contributed by atoms with Crippen LogP contribution >= 0.6 is 11.8 Å². The zero-order valence-corrected chi connectivity index (χ0v) is 10.8. The Bertz CT molecular complexity index is 354. The lowest BCUT2D eigenvalue weighted by Gasteiger charge is -2.35. The van der Waals surface area contributed by atoms with Gasteiger partial charge >= 0.3 is 0 Å². The summed E-state index contributed by atoms with van der Waals surface area (Å²) in [6.45, 7) is 6.95. The van der Waals surface area contributed by atoms with Gasteiger partial charge in [0.2, 0.25) is 0 Å². The number of thioether (sulfide) groups is 1. The third-order valence-electron chi connectivity index (χ3n) is 3.21. The molecule has 16 heavy (non-hydrogen) atoms. The maximum Gasteiger partial charge on any atom is 0.0321 e. The lowest BCUT2D eigenvalue weighted by molar-refractivity contribution is 0.221. The van der Waals surface area contributed by atoms with Gasteiger partial charge in [-0.25, -0.2) is 0 Å². The van der Waals surface area contributed by atoms with Crippen LogP contribution in [0.1, 0.15) is 25.5 Å². The Morgan fingerprint density at radius 3 is 3.00 bits per heavy atom. The van der Waals surface area contributed by atoms with Crippen molar-refractivity contribution in [2.75, 3.05) is 24.6 Å². The number of nitrogens with two attached hydrogens (primary N) is 1. The molecule has 0 radical (unpaired) electrons. The fourth-order valence-corrected chi connectivity index (χ4v) is 3.27. The second kappa shape index (κ2) is 5.11. The Morgan fingerprint density at radius 2 is 2.31 bits per heavy atom. The number of benzene rings is 1. The molecule has 1 heterocycles. The summed E-state index contributed by atoms with van der Waals surface area (Å²) < 4.78 is 0. The summed E-state index contributed by atoms with van der Waals surface area (Å²) in [4.78, 5) is 2.55. The number of anilines is 1. The third kappa shape index (κ3) is 2.71. The molecule has 0 aromatic heterocycles. The molecular weight excluding hydrogens is 216 g/mol. The van der Waals surface area contributed by atoms with E-state index in [2.05, 4.69) is 42.6 Å². The van der Waals surface area contributed by atoms with Crippen molar-refractivity contribution < 1.29 is 0 Å². The second-order valence-corrected chi connectivity index (χ2v) is 6.07. The van der Waals surface area contributed by atoms with Gasteiger partial charge in [0.1, 0.15) is 0 Å². The minimum atomic E-state index is 0.479. The van der Waals surface area contributed by atoms with E-state index >= 15 is 0 Å². The zero-order valence-electron chi connectivity index (χ0n) is 10.0. The smallest absolute Gasteiger partial charge is 0.0321 e. The number of hydrogen-bond acceptors (Lipinski definition) is 3. The SMILES string of the molecule is CC1CN(C(C)c2cccc(N)c2)CCS1. The summed E-state index contributed by atoms with van der Waals surface area (Å²) >= 11 is 2.07. The summed E-state index contributed by atoms with van der Waals surface area (Å²) in [5.74, 6) is 1.24. The van der Waals surface area contributed by atoms with Gasteiger partial charge in [-0.1, -0.05) is 19.1 Å². The van der Waals surface area contributed by atoms with Gasteiger partial charge in [-0.3, -0.25) is 4.90 Å². The van der Waals surface area contributed by atoms with Crippen LogP contribution in [0.4, 0.5) is 5.69 Å². The first-order valence-electron chi connectivity index (χ1n) is 5.88. The van der Waals surface area contributed by atoms with Crippen LogP contribution in [0, 0.1) is 0 Å². The predicted molar refractivity (Wildman–Crippen MR) is 72.8 cm³/mol.